The fourth-order valence-electron chi connectivity index (χ4n) is 3.53. The van der Waals surface area contributed by atoms with Gasteiger partial charge < -0.3 is 21.1 Å². The number of aliphatic hydroxyl groups excluding tert-OH is 1. The standard InChI is InChI=1S/C21H17Cl2N7O2/c22-15-2-1-3-16(23)17(15)30-18(24)14-8-25-20(27-19(14)28-21(30)32)26-11-4-6-12(7-5-11)29-9-13(31)10-29/h1-8,13,31H,9-10,24H2,(H,26,27,28,32). The van der Waals surface area contributed by atoms with Crippen LogP contribution in [0, 0.1) is 0 Å². The second-order valence-corrected chi connectivity index (χ2v) is 8.16. The molecule has 5 rings (SSSR count). The maximum absolute atomic E-state index is 12.7. The van der Waals surface area contributed by atoms with Crippen LogP contribution in [0.4, 0.5) is 23.1 Å². The van der Waals surface area contributed by atoms with Crippen LogP contribution in [-0.2, 0) is 0 Å². The zero-order chi connectivity index (χ0) is 22.4. The van der Waals surface area contributed by atoms with Crippen molar-refractivity contribution in [2.24, 2.45) is 0 Å². The van der Waals surface area contributed by atoms with Gasteiger partial charge in [-0.3, -0.25) is 0 Å². The number of benzene rings is 2. The zero-order valence-electron chi connectivity index (χ0n) is 16.5. The molecule has 0 unspecified atom stereocenters. The van der Waals surface area contributed by atoms with E-state index in [-0.39, 0.29) is 39.2 Å². The van der Waals surface area contributed by atoms with Gasteiger partial charge in [-0.15, -0.1) is 0 Å². The van der Waals surface area contributed by atoms with E-state index in [1.807, 2.05) is 24.3 Å². The fourth-order valence-corrected chi connectivity index (χ4v) is 4.10. The van der Waals surface area contributed by atoms with Crippen LogP contribution in [0.5, 0.6) is 0 Å². The second kappa shape index (κ2) is 7.94. The summed E-state index contributed by atoms with van der Waals surface area (Å²) in [6, 6.07) is 12.5. The summed E-state index contributed by atoms with van der Waals surface area (Å²) in [7, 11) is 0. The molecule has 1 fully saturated rings. The first kappa shape index (κ1) is 20.5. The molecule has 1 aliphatic heterocycles. The topological polar surface area (TPSA) is 122 Å². The molecular weight excluding hydrogens is 453 g/mol. The van der Waals surface area contributed by atoms with Gasteiger partial charge in [-0.05, 0) is 36.4 Å². The Bertz CT molecular complexity index is 1370. The summed E-state index contributed by atoms with van der Waals surface area (Å²) in [5.41, 5.74) is 7.78. The lowest BCUT2D eigenvalue weighted by atomic mass is 10.1. The number of nitrogens with zero attached hydrogens (tertiary/aromatic N) is 5. The number of aromatic nitrogens is 4. The summed E-state index contributed by atoms with van der Waals surface area (Å²) in [5, 5.41) is 13.4. The second-order valence-electron chi connectivity index (χ2n) is 7.35. The number of nitrogens with two attached hydrogens (primary N) is 1. The molecule has 32 heavy (non-hydrogen) atoms. The highest BCUT2D eigenvalue weighted by Gasteiger charge is 2.24. The van der Waals surface area contributed by atoms with Crippen molar-refractivity contribution in [2.45, 2.75) is 6.10 Å². The SMILES string of the molecule is Nc1c2cnc(Nc3ccc(N4CC(O)C4)cc3)nc2nc(=O)n1-c1c(Cl)cccc1Cl. The van der Waals surface area contributed by atoms with Gasteiger partial charge in [0.1, 0.15) is 5.82 Å². The molecule has 1 aliphatic rings. The third kappa shape index (κ3) is 3.60. The molecule has 0 aliphatic carbocycles. The molecule has 2 aromatic heterocycles. The Balaban J connectivity index is 1.47. The van der Waals surface area contributed by atoms with Gasteiger partial charge in [-0.2, -0.15) is 9.97 Å². The normalized spacial score (nSPS) is 13.9. The van der Waals surface area contributed by atoms with Crippen molar-refractivity contribution in [2.75, 3.05) is 29.0 Å². The molecule has 162 valence electrons. The van der Waals surface area contributed by atoms with Gasteiger partial charge in [0.2, 0.25) is 5.95 Å². The highest BCUT2D eigenvalue weighted by molar-refractivity contribution is 6.37. The number of nitrogens with one attached hydrogen (secondary N) is 1. The summed E-state index contributed by atoms with van der Waals surface area (Å²) < 4.78 is 1.15. The molecule has 4 aromatic rings. The van der Waals surface area contributed by atoms with Crippen LogP contribution in [0.25, 0.3) is 16.7 Å². The van der Waals surface area contributed by atoms with Crippen LogP contribution in [0.1, 0.15) is 0 Å². The van der Waals surface area contributed by atoms with E-state index in [0.717, 1.165) is 15.9 Å². The molecule has 4 N–H and O–H groups in total. The van der Waals surface area contributed by atoms with E-state index in [9.17, 15) is 9.90 Å². The van der Waals surface area contributed by atoms with Crippen molar-refractivity contribution >= 4 is 57.4 Å². The molecular formula is C21H17Cl2N7O2. The Morgan fingerprint density at radius 3 is 2.41 bits per heavy atom. The summed E-state index contributed by atoms with van der Waals surface area (Å²) in [6.07, 6.45) is 1.22. The quantitative estimate of drug-likeness (QED) is 0.416. The Kier molecular flexibility index (Phi) is 5.09. The van der Waals surface area contributed by atoms with Crippen molar-refractivity contribution in [3.05, 3.63) is 69.2 Å². The van der Waals surface area contributed by atoms with E-state index in [0.29, 0.717) is 18.5 Å². The number of halogens is 2. The minimum absolute atomic E-state index is 0.0858. The predicted molar refractivity (Wildman–Crippen MR) is 125 cm³/mol. The summed E-state index contributed by atoms with van der Waals surface area (Å²) in [5.74, 6) is 0.354. The molecule has 0 radical (unpaired) electrons. The molecule has 9 nitrogen and oxygen atoms in total. The Morgan fingerprint density at radius 1 is 1.06 bits per heavy atom. The summed E-state index contributed by atoms with van der Waals surface area (Å²) in [6.45, 7) is 1.26. The molecule has 11 heteroatoms. The smallest absolute Gasteiger partial charge is 0.355 e. The molecule has 0 spiro atoms. The molecule has 0 atom stereocenters. The first-order chi connectivity index (χ1) is 15.4. The van der Waals surface area contributed by atoms with Gasteiger partial charge in [-0.25, -0.2) is 14.3 Å². The number of hydrogen-bond acceptors (Lipinski definition) is 8. The number of rotatable bonds is 4. The van der Waals surface area contributed by atoms with Crippen molar-refractivity contribution in [1.29, 1.82) is 0 Å². The Morgan fingerprint density at radius 2 is 1.75 bits per heavy atom. The van der Waals surface area contributed by atoms with Crippen molar-refractivity contribution in [3.63, 3.8) is 0 Å². The highest BCUT2D eigenvalue weighted by Crippen LogP contribution is 2.30. The molecule has 0 bridgehead atoms. The van der Waals surface area contributed by atoms with Gasteiger partial charge in [-0.1, -0.05) is 29.3 Å². The fraction of sp³-hybridized carbons (Fsp3) is 0.143. The minimum atomic E-state index is -0.657. The first-order valence-corrected chi connectivity index (χ1v) is 10.5. The van der Waals surface area contributed by atoms with Gasteiger partial charge in [0.25, 0.3) is 0 Å². The molecule has 0 amide bonds. The van der Waals surface area contributed by atoms with Crippen molar-refractivity contribution in [3.8, 4) is 5.69 Å². The van der Waals surface area contributed by atoms with Crippen molar-refractivity contribution in [1.82, 2.24) is 19.5 Å². The van der Waals surface area contributed by atoms with Crippen LogP contribution in [0.2, 0.25) is 10.0 Å². The van der Waals surface area contributed by atoms with Gasteiger partial charge in [0.05, 0.1) is 27.2 Å². The van der Waals surface area contributed by atoms with E-state index in [1.165, 1.54) is 6.20 Å². The summed E-state index contributed by atoms with van der Waals surface area (Å²) in [4.78, 5) is 27.5. The van der Waals surface area contributed by atoms with E-state index in [4.69, 9.17) is 28.9 Å². The van der Waals surface area contributed by atoms with Crippen LogP contribution in [0.3, 0.4) is 0 Å². The third-order valence-electron chi connectivity index (χ3n) is 5.19. The molecule has 0 saturated carbocycles. The number of β-amino-alcohol motifs (C(OH)–C–C–N with tert-alkyl or cyclic N) is 1. The lowest BCUT2D eigenvalue weighted by Crippen LogP contribution is -2.50. The van der Waals surface area contributed by atoms with Gasteiger partial charge >= 0.3 is 5.69 Å². The molecule has 2 aromatic carbocycles. The molecule has 3 heterocycles. The Hall–Kier alpha value is -3.40. The first-order valence-electron chi connectivity index (χ1n) is 9.70. The number of hydrogen-bond donors (Lipinski definition) is 3. The van der Waals surface area contributed by atoms with Crippen molar-refractivity contribution < 1.29 is 5.11 Å². The largest absolute Gasteiger partial charge is 0.389 e. The van der Waals surface area contributed by atoms with Gasteiger partial charge in [0, 0.05) is 30.7 Å². The third-order valence-corrected chi connectivity index (χ3v) is 5.80. The predicted octanol–water partition coefficient (Wildman–Crippen LogP) is 2.99. The van der Waals surface area contributed by atoms with E-state index in [2.05, 4.69) is 25.2 Å². The summed E-state index contributed by atoms with van der Waals surface area (Å²) >= 11 is 12.5. The maximum Gasteiger partial charge on any atom is 0.355 e. The van der Waals surface area contributed by atoms with E-state index >= 15 is 0 Å². The maximum atomic E-state index is 12.7. The highest BCUT2D eigenvalue weighted by atomic mass is 35.5. The van der Waals surface area contributed by atoms with Crippen LogP contribution < -0.4 is 21.6 Å². The van der Waals surface area contributed by atoms with Crippen LogP contribution >= 0.6 is 23.2 Å². The monoisotopic (exact) mass is 469 g/mol. The zero-order valence-corrected chi connectivity index (χ0v) is 18.0. The lowest BCUT2D eigenvalue weighted by molar-refractivity contribution is 0.142. The minimum Gasteiger partial charge on any atom is -0.389 e. The number of nitrogen functional groups attached to an aromatic ring is 1. The number of anilines is 4. The van der Waals surface area contributed by atoms with E-state index in [1.54, 1.807) is 18.2 Å². The van der Waals surface area contributed by atoms with Crippen LogP contribution in [0.15, 0.2) is 53.5 Å². The lowest BCUT2D eigenvalue weighted by Gasteiger charge is -2.37. The Labute approximate surface area is 192 Å². The van der Waals surface area contributed by atoms with Crippen LogP contribution in [-0.4, -0.2) is 43.8 Å². The number of fused-ring (bicyclic) bond motifs is 1. The molecule has 1 saturated heterocycles. The number of aliphatic hydroxyl groups is 1. The number of para-hydroxylation sites is 1. The van der Waals surface area contributed by atoms with Gasteiger partial charge in [0.15, 0.2) is 5.65 Å². The average molecular weight is 470 g/mol. The van der Waals surface area contributed by atoms with E-state index < -0.39 is 5.69 Å². The average Bonchev–Trinajstić information content (AvgIpc) is 2.74.